The summed E-state index contributed by atoms with van der Waals surface area (Å²) in [4.78, 5) is 31.0. The van der Waals surface area contributed by atoms with Crippen LogP contribution in [0.15, 0.2) is 17.2 Å². The van der Waals surface area contributed by atoms with E-state index in [-0.39, 0.29) is 11.5 Å². The maximum absolute atomic E-state index is 11.8. The Bertz CT molecular complexity index is 454. The summed E-state index contributed by atoms with van der Waals surface area (Å²) in [6.07, 6.45) is 1.71. The fourth-order valence-electron chi connectivity index (χ4n) is 1.73. The number of ether oxygens (including phenoxy) is 1. The number of morpholine rings is 1. The number of H-pyrrole nitrogens is 1. The zero-order valence-corrected chi connectivity index (χ0v) is 10.0. The fraction of sp³-hybridized carbons (Fsp3) is 0.545. The van der Waals surface area contributed by atoms with Crippen molar-refractivity contribution < 1.29 is 9.53 Å². The number of amides is 1. The number of nitrogens with one attached hydrogen (secondary N) is 2. The maximum atomic E-state index is 11.8. The Hall–Kier alpha value is -1.89. The molecule has 98 valence electrons. The number of aromatic nitrogens is 2. The molecule has 0 spiro atoms. The number of aromatic amines is 1. The average molecular weight is 252 g/mol. The maximum Gasteiger partial charge on any atom is 0.252 e. The predicted molar refractivity (Wildman–Crippen MR) is 65.4 cm³/mol. The van der Waals surface area contributed by atoms with E-state index in [1.54, 1.807) is 4.90 Å². The quantitative estimate of drug-likeness (QED) is 0.749. The second-order valence-corrected chi connectivity index (χ2v) is 3.97. The molecule has 0 saturated carbocycles. The van der Waals surface area contributed by atoms with Crippen LogP contribution in [-0.4, -0.2) is 53.6 Å². The number of carbonyl (C=O) groups is 1. The van der Waals surface area contributed by atoms with Gasteiger partial charge in [-0.05, 0) is 0 Å². The lowest BCUT2D eigenvalue weighted by Gasteiger charge is -2.26. The molecule has 1 fully saturated rings. The van der Waals surface area contributed by atoms with E-state index < -0.39 is 0 Å². The number of carbonyl (C=O) groups excluding carboxylic acids is 1. The Kier molecular flexibility index (Phi) is 4.30. The zero-order chi connectivity index (χ0) is 12.8. The Balaban J connectivity index is 1.74. The highest BCUT2D eigenvalue weighted by molar-refractivity contribution is 5.76. The summed E-state index contributed by atoms with van der Waals surface area (Å²) in [6.45, 7) is 2.99. The van der Waals surface area contributed by atoms with Crippen LogP contribution >= 0.6 is 0 Å². The van der Waals surface area contributed by atoms with Gasteiger partial charge in [0.15, 0.2) is 0 Å². The first-order valence-corrected chi connectivity index (χ1v) is 5.90. The Morgan fingerprint density at radius 3 is 3.00 bits per heavy atom. The van der Waals surface area contributed by atoms with Crippen LogP contribution in [0, 0.1) is 0 Å². The Labute approximate surface area is 104 Å². The molecule has 1 saturated heterocycles. The van der Waals surface area contributed by atoms with Crippen LogP contribution in [-0.2, 0) is 9.53 Å². The normalized spacial score (nSPS) is 15.4. The lowest BCUT2D eigenvalue weighted by atomic mass is 10.3. The van der Waals surface area contributed by atoms with Crippen LogP contribution in [0.2, 0.25) is 0 Å². The molecule has 0 bridgehead atoms. The van der Waals surface area contributed by atoms with Gasteiger partial charge in [0.05, 0.1) is 19.5 Å². The van der Waals surface area contributed by atoms with Gasteiger partial charge in [0.25, 0.3) is 5.56 Å². The van der Waals surface area contributed by atoms with Gasteiger partial charge in [-0.2, -0.15) is 0 Å². The predicted octanol–water partition coefficient (Wildman–Crippen LogP) is -0.569. The van der Waals surface area contributed by atoms with Crippen LogP contribution in [0.1, 0.15) is 6.42 Å². The van der Waals surface area contributed by atoms with E-state index >= 15 is 0 Å². The highest BCUT2D eigenvalue weighted by Gasteiger charge is 2.15. The number of anilines is 1. The van der Waals surface area contributed by atoms with E-state index in [1.165, 1.54) is 12.4 Å². The van der Waals surface area contributed by atoms with Crippen LogP contribution in [0.4, 0.5) is 5.82 Å². The summed E-state index contributed by atoms with van der Waals surface area (Å²) >= 11 is 0. The van der Waals surface area contributed by atoms with Gasteiger partial charge in [-0.1, -0.05) is 0 Å². The monoisotopic (exact) mass is 252 g/mol. The third kappa shape index (κ3) is 3.56. The van der Waals surface area contributed by atoms with Crippen molar-refractivity contribution in [2.45, 2.75) is 6.42 Å². The summed E-state index contributed by atoms with van der Waals surface area (Å²) in [6, 6.07) is 1.36. The van der Waals surface area contributed by atoms with E-state index in [4.69, 9.17) is 4.74 Å². The van der Waals surface area contributed by atoms with Crippen LogP contribution in [0.25, 0.3) is 0 Å². The van der Waals surface area contributed by atoms with Gasteiger partial charge in [-0.3, -0.25) is 9.59 Å². The molecule has 1 aromatic heterocycles. The fourth-order valence-corrected chi connectivity index (χ4v) is 1.73. The second-order valence-electron chi connectivity index (χ2n) is 3.97. The summed E-state index contributed by atoms with van der Waals surface area (Å²) in [5.41, 5.74) is -0.216. The molecular formula is C11H16N4O3. The Morgan fingerprint density at radius 1 is 1.50 bits per heavy atom. The van der Waals surface area contributed by atoms with Gasteiger partial charge >= 0.3 is 0 Å². The topological polar surface area (TPSA) is 87.3 Å². The van der Waals surface area contributed by atoms with Crippen molar-refractivity contribution in [1.29, 1.82) is 0 Å². The second kappa shape index (κ2) is 6.15. The standard InChI is InChI=1S/C11H16N4O3/c16-10-7-9(13-8-14-10)12-2-1-11(17)15-3-5-18-6-4-15/h7-8H,1-6H2,(H2,12,13,14,16). The van der Waals surface area contributed by atoms with Gasteiger partial charge in [-0.15, -0.1) is 0 Å². The van der Waals surface area contributed by atoms with Crippen molar-refractivity contribution in [3.05, 3.63) is 22.7 Å². The van der Waals surface area contributed by atoms with E-state index in [0.717, 1.165) is 0 Å². The zero-order valence-electron chi connectivity index (χ0n) is 10.0. The van der Waals surface area contributed by atoms with Crippen molar-refractivity contribution in [2.24, 2.45) is 0 Å². The molecule has 2 heterocycles. The molecule has 1 aromatic rings. The van der Waals surface area contributed by atoms with E-state index in [0.29, 0.717) is 45.1 Å². The van der Waals surface area contributed by atoms with Gasteiger partial charge < -0.3 is 19.9 Å². The van der Waals surface area contributed by atoms with E-state index in [2.05, 4.69) is 15.3 Å². The molecule has 0 atom stereocenters. The third-order valence-electron chi connectivity index (χ3n) is 2.69. The van der Waals surface area contributed by atoms with Crippen molar-refractivity contribution >= 4 is 11.7 Å². The lowest BCUT2D eigenvalue weighted by Crippen LogP contribution is -2.41. The van der Waals surface area contributed by atoms with Gasteiger partial charge in [0.2, 0.25) is 5.91 Å². The van der Waals surface area contributed by atoms with Crippen molar-refractivity contribution in [3.63, 3.8) is 0 Å². The molecule has 18 heavy (non-hydrogen) atoms. The van der Waals surface area contributed by atoms with E-state index in [9.17, 15) is 9.59 Å². The number of nitrogens with zero attached hydrogens (tertiary/aromatic N) is 2. The summed E-state index contributed by atoms with van der Waals surface area (Å²) in [7, 11) is 0. The van der Waals surface area contributed by atoms with Gasteiger partial charge in [-0.25, -0.2) is 4.98 Å². The lowest BCUT2D eigenvalue weighted by molar-refractivity contribution is -0.134. The van der Waals surface area contributed by atoms with Crippen molar-refractivity contribution in [3.8, 4) is 0 Å². The van der Waals surface area contributed by atoms with Crippen LogP contribution < -0.4 is 10.9 Å². The molecule has 1 amide bonds. The molecule has 2 rings (SSSR count). The number of hydrogen-bond donors (Lipinski definition) is 2. The van der Waals surface area contributed by atoms with Crippen molar-refractivity contribution in [1.82, 2.24) is 14.9 Å². The van der Waals surface area contributed by atoms with Crippen molar-refractivity contribution in [2.75, 3.05) is 38.2 Å². The molecule has 1 aliphatic rings. The molecule has 1 aliphatic heterocycles. The van der Waals surface area contributed by atoms with E-state index in [1.807, 2.05) is 0 Å². The minimum absolute atomic E-state index is 0.0932. The summed E-state index contributed by atoms with van der Waals surface area (Å²) < 4.78 is 5.18. The molecular weight excluding hydrogens is 236 g/mol. The minimum atomic E-state index is -0.216. The molecule has 0 unspecified atom stereocenters. The molecule has 2 N–H and O–H groups in total. The van der Waals surface area contributed by atoms with Gasteiger partial charge in [0, 0.05) is 32.1 Å². The number of hydrogen-bond acceptors (Lipinski definition) is 5. The molecule has 0 aromatic carbocycles. The molecule has 0 radical (unpaired) electrons. The Morgan fingerprint density at radius 2 is 2.28 bits per heavy atom. The van der Waals surface area contributed by atoms with Crippen LogP contribution in [0.5, 0.6) is 0 Å². The highest BCUT2D eigenvalue weighted by Crippen LogP contribution is 2.01. The summed E-state index contributed by atoms with van der Waals surface area (Å²) in [5, 5.41) is 2.95. The summed E-state index contributed by atoms with van der Waals surface area (Å²) in [5.74, 6) is 0.573. The van der Waals surface area contributed by atoms with Crippen LogP contribution in [0.3, 0.4) is 0 Å². The molecule has 7 nitrogen and oxygen atoms in total. The smallest absolute Gasteiger partial charge is 0.252 e. The largest absolute Gasteiger partial charge is 0.378 e. The average Bonchev–Trinajstić information content (AvgIpc) is 2.40. The number of rotatable bonds is 4. The third-order valence-corrected chi connectivity index (χ3v) is 2.69. The minimum Gasteiger partial charge on any atom is -0.378 e. The first kappa shape index (κ1) is 12.6. The first-order valence-electron chi connectivity index (χ1n) is 5.90. The highest BCUT2D eigenvalue weighted by atomic mass is 16.5. The SMILES string of the molecule is O=C(CCNc1cc(=O)[nH]cn1)N1CCOCC1. The van der Waals surface area contributed by atoms with Gasteiger partial charge in [0.1, 0.15) is 5.82 Å². The molecule has 0 aliphatic carbocycles. The first-order chi connectivity index (χ1) is 8.75. The molecule has 7 heteroatoms.